The maximum atomic E-state index is 5.50. The Morgan fingerprint density at radius 3 is 2.68 bits per heavy atom. The van der Waals surface area contributed by atoms with Crippen LogP contribution < -0.4 is 16.2 Å². The molecule has 0 aliphatic rings. The van der Waals surface area contributed by atoms with Crippen molar-refractivity contribution in [1.29, 1.82) is 0 Å². The maximum absolute atomic E-state index is 5.50. The van der Waals surface area contributed by atoms with Crippen molar-refractivity contribution in [2.45, 2.75) is 0 Å². The molecule has 0 aliphatic heterocycles. The van der Waals surface area contributed by atoms with Gasteiger partial charge in [-0.1, -0.05) is 30.3 Å². The van der Waals surface area contributed by atoms with E-state index in [9.17, 15) is 0 Å². The van der Waals surface area contributed by atoms with E-state index < -0.39 is 0 Å². The number of hydrogen-bond donors (Lipinski definition) is 2. The Morgan fingerprint density at radius 2 is 2.05 bits per heavy atom. The summed E-state index contributed by atoms with van der Waals surface area (Å²) in [6, 6.07) is 9.88. The van der Waals surface area contributed by atoms with E-state index in [4.69, 9.17) is 18.0 Å². The third-order valence-corrected chi connectivity index (χ3v) is 2.33. The van der Waals surface area contributed by atoms with Crippen LogP contribution in [0.15, 0.2) is 55.1 Å². The Labute approximate surface area is 116 Å². The van der Waals surface area contributed by atoms with Crippen molar-refractivity contribution in [3.8, 4) is 0 Å². The second-order valence-electron chi connectivity index (χ2n) is 3.64. The van der Waals surface area contributed by atoms with Gasteiger partial charge in [0.2, 0.25) is 0 Å². The van der Waals surface area contributed by atoms with E-state index in [1.54, 1.807) is 29.8 Å². The van der Waals surface area contributed by atoms with Crippen molar-refractivity contribution in [3.05, 3.63) is 60.7 Å². The van der Waals surface area contributed by atoms with Gasteiger partial charge in [-0.05, 0) is 23.9 Å². The number of rotatable bonds is 4. The Hall–Kier alpha value is -2.47. The highest BCUT2D eigenvalue weighted by Crippen LogP contribution is 2.08. The highest BCUT2D eigenvalue weighted by molar-refractivity contribution is 7.80. The highest BCUT2D eigenvalue weighted by Gasteiger charge is 2.04. The smallest absolute Gasteiger partial charge is 0.183 e. The molecule has 3 N–H and O–H groups in total. The van der Waals surface area contributed by atoms with Gasteiger partial charge in [-0.15, -0.1) is 0 Å². The molecule has 5 nitrogen and oxygen atoms in total. The molecular weight excluding hydrogens is 258 g/mol. The van der Waals surface area contributed by atoms with Crippen LogP contribution in [-0.2, 0) is 0 Å². The zero-order valence-electron chi connectivity index (χ0n) is 10.1. The molecule has 6 heteroatoms. The molecule has 0 atom stereocenters. The zero-order valence-corrected chi connectivity index (χ0v) is 10.9. The van der Waals surface area contributed by atoms with Crippen molar-refractivity contribution >= 4 is 29.2 Å². The molecule has 2 rings (SSSR count). The minimum atomic E-state index is 0.156. The molecule has 0 aliphatic carbocycles. The van der Waals surface area contributed by atoms with Crippen molar-refractivity contribution in [2.75, 3.05) is 5.01 Å². The van der Waals surface area contributed by atoms with Gasteiger partial charge in [-0.25, -0.2) is 9.99 Å². The van der Waals surface area contributed by atoms with Gasteiger partial charge in [0.1, 0.15) is 0 Å². The molecule has 1 heterocycles. The fraction of sp³-hybridized carbons (Fsp3) is 0. The Kier molecular flexibility index (Phi) is 4.41. The first-order valence-electron chi connectivity index (χ1n) is 5.60. The second kappa shape index (κ2) is 6.46. The largest absolute Gasteiger partial charge is 0.375 e. The Bertz CT molecular complexity index is 556. The topological polar surface area (TPSA) is 67.1 Å². The Morgan fingerprint density at radius 1 is 1.26 bits per heavy atom. The first-order valence-corrected chi connectivity index (χ1v) is 6.01. The molecule has 0 saturated carbocycles. The molecule has 0 radical (unpaired) electrons. The van der Waals surface area contributed by atoms with Crippen LogP contribution in [0.4, 0.5) is 5.82 Å². The van der Waals surface area contributed by atoms with E-state index in [0.717, 1.165) is 5.56 Å². The van der Waals surface area contributed by atoms with Crippen LogP contribution in [0.2, 0.25) is 0 Å². The minimum absolute atomic E-state index is 0.156. The third-order valence-electron chi connectivity index (χ3n) is 2.24. The summed E-state index contributed by atoms with van der Waals surface area (Å²) < 4.78 is 0. The van der Waals surface area contributed by atoms with Crippen molar-refractivity contribution < 1.29 is 0 Å². The summed E-state index contributed by atoms with van der Waals surface area (Å²) in [5, 5.41) is 1.77. The lowest BCUT2D eigenvalue weighted by Crippen LogP contribution is -2.42. The molecule has 96 valence electrons. The third kappa shape index (κ3) is 4.04. The van der Waals surface area contributed by atoms with Crippen LogP contribution in [0.5, 0.6) is 0 Å². The van der Waals surface area contributed by atoms with Gasteiger partial charge in [0.15, 0.2) is 10.9 Å². The summed E-state index contributed by atoms with van der Waals surface area (Å²) in [4.78, 5) is 8.18. The average molecular weight is 271 g/mol. The number of hydrazine groups is 1. The van der Waals surface area contributed by atoms with Crippen LogP contribution in [0.25, 0.3) is 6.08 Å². The van der Waals surface area contributed by atoms with Gasteiger partial charge in [0.05, 0.1) is 6.20 Å². The molecule has 19 heavy (non-hydrogen) atoms. The van der Waals surface area contributed by atoms with E-state index in [0.29, 0.717) is 5.82 Å². The van der Waals surface area contributed by atoms with E-state index in [1.807, 2.05) is 36.4 Å². The van der Waals surface area contributed by atoms with Crippen molar-refractivity contribution in [1.82, 2.24) is 15.4 Å². The molecule has 0 spiro atoms. The number of anilines is 1. The van der Waals surface area contributed by atoms with Crippen LogP contribution in [0.3, 0.4) is 0 Å². The van der Waals surface area contributed by atoms with Crippen molar-refractivity contribution in [2.24, 2.45) is 5.73 Å². The zero-order chi connectivity index (χ0) is 13.5. The number of nitrogens with one attached hydrogen (secondary N) is 1. The summed E-state index contributed by atoms with van der Waals surface area (Å²) in [7, 11) is 0. The van der Waals surface area contributed by atoms with Crippen LogP contribution in [0.1, 0.15) is 5.56 Å². The number of nitrogens with zero attached hydrogens (tertiary/aromatic N) is 3. The van der Waals surface area contributed by atoms with Crippen molar-refractivity contribution in [3.63, 3.8) is 0 Å². The first kappa shape index (κ1) is 13.0. The molecule has 1 aromatic carbocycles. The summed E-state index contributed by atoms with van der Waals surface area (Å²) in [6.45, 7) is 0. The van der Waals surface area contributed by atoms with Crippen LogP contribution >= 0.6 is 12.2 Å². The number of hydrogen-bond acceptors (Lipinski definition) is 4. The lowest BCUT2D eigenvalue weighted by Gasteiger charge is -2.19. The number of aromatic nitrogens is 2. The highest BCUT2D eigenvalue weighted by atomic mass is 32.1. The van der Waals surface area contributed by atoms with Gasteiger partial charge in [0.25, 0.3) is 0 Å². The van der Waals surface area contributed by atoms with Crippen LogP contribution in [0, 0.1) is 0 Å². The van der Waals surface area contributed by atoms with E-state index in [2.05, 4.69) is 15.4 Å². The summed E-state index contributed by atoms with van der Waals surface area (Å²) >= 11 is 4.85. The Balaban J connectivity index is 2.19. The van der Waals surface area contributed by atoms with Gasteiger partial charge in [-0.2, -0.15) is 0 Å². The predicted octanol–water partition coefficient (Wildman–Crippen LogP) is 1.70. The molecule has 2 aromatic rings. The van der Waals surface area contributed by atoms with E-state index >= 15 is 0 Å². The molecular formula is C13H13N5S. The standard InChI is InChI=1S/C13H13N5S/c14-13(19)17-18(12-10-15-7-8-16-12)9-6-11-4-2-1-3-5-11/h1-10H,(H3,14,17,19). The van der Waals surface area contributed by atoms with Crippen LogP contribution in [-0.4, -0.2) is 15.1 Å². The summed E-state index contributed by atoms with van der Waals surface area (Å²) in [5.41, 5.74) is 9.37. The molecule has 0 fully saturated rings. The number of benzene rings is 1. The average Bonchev–Trinajstić information content (AvgIpc) is 2.45. The minimum Gasteiger partial charge on any atom is -0.375 e. The van der Waals surface area contributed by atoms with Gasteiger partial charge < -0.3 is 5.73 Å². The fourth-order valence-electron chi connectivity index (χ4n) is 1.43. The van der Waals surface area contributed by atoms with Gasteiger partial charge in [0, 0.05) is 18.6 Å². The quantitative estimate of drug-likeness (QED) is 0.652. The normalized spacial score (nSPS) is 10.3. The van der Waals surface area contributed by atoms with Gasteiger partial charge in [-0.3, -0.25) is 10.4 Å². The summed E-state index contributed by atoms with van der Waals surface area (Å²) in [6.07, 6.45) is 8.52. The maximum Gasteiger partial charge on any atom is 0.183 e. The second-order valence-corrected chi connectivity index (χ2v) is 4.08. The lowest BCUT2D eigenvalue weighted by molar-refractivity contribution is 0.898. The van der Waals surface area contributed by atoms with Gasteiger partial charge >= 0.3 is 0 Å². The summed E-state index contributed by atoms with van der Waals surface area (Å²) in [5.74, 6) is 0.600. The predicted molar refractivity (Wildman–Crippen MR) is 79.9 cm³/mol. The number of nitrogens with two attached hydrogens (primary N) is 1. The molecule has 0 saturated heterocycles. The van der Waals surface area contributed by atoms with E-state index in [1.165, 1.54) is 0 Å². The van der Waals surface area contributed by atoms with E-state index in [-0.39, 0.29) is 5.11 Å². The fourth-order valence-corrected chi connectivity index (χ4v) is 1.53. The molecule has 1 aromatic heterocycles. The number of thiocarbonyl (C=S) groups is 1. The SMILES string of the molecule is NC(=S)NN(C=Cc1ccccc1)c1cnccn1. The molecule has 0 amide bonds. The monoisotopic (exact) mass is 271 g/mol. The first-order chi connectivity index (χ1) is 9.25. The molecule has 0 bridgehead atoms. The molecule has 0 unspecified atom stereocenters. The lowest BCUT2D eigenvalue weighted by atomic mass is 10.2.